The Labute approximate surface area is 99.0 Å². The van der Waals surface area contributed by atoms with Gasteiger partial charge in [-0.25, -0.2) is 8.78 Å². The van der Waals surface area contributed by atoms with Crippen LogP contribution in [0.3, 0.4) is 0 Å². The Balaban J connectivity index is 2.25. The van der Waals surface area contributed by atoms with Crippen LogP contribution in [0, 0.1) is 0 Å². The molecule has 1 aromatic heterocycles. The zero-order valence-electron chi connectivity index (χ0n) is 7.83. The molecule has 1 aromatic rings. The summed E-state index contributed by atoms with van der Waals surface area (Å²) >= 11 is 4.76. The average Bonchev–Trinajstić information content (AvgIpc) is 2.58. The molecule has 15 heavy (non-hydrogen) atoms. The molecule has 86 valence electrons. The first-order valence-electron chi connectivity index (χ1n) is 4.36. The minimum Gasteiger partial charge on any atom is -0.388 e. The Kier molecular flexibility index (Phi) is 5.66. The van der Waals surface area contributed by atoms with E-state index in [0.29, 0.717) is 6.42 Å². The minimum atomic E-state index is -2.45. The predicted molar refractivity (Wildman–Crippen MR) is 58.4 cm³/mol. The highest BCUT2D eigenvalue weighted by molar-refractivity contribution is 9.10. The topological polar surface area (TPSA) is 29.5 Å². The summed E-state index contributed by atoms with van der Waals surface area (Å²) in [6, 6.07) is 0. The molecular formula is C9H11BrF2O2S. The molecule has 0 aliphatic carbocycles. The molecular weight excluding hydrogens is 290 g/mol. The largest absolute Gasteiger partial charge is 0.388 e. The second-order valence-corrected chi connectivity index (χ2v) is 4.54. The second-order valence-electron chi connectivity index (χ2n) is 2.95. The van der Waals surface area contributed by atoms with E-state index in [1.165, 1.54) is 11.3 Å². The lowest BCUT2D eigenvalue weighted by Crippen LogP contribution is -2.08. The number of thiophene rings is 1. The van der Waals surface area contributed by atoms with Gasteiger partial charge in [0.25, 0.3) is 6.43 Å². The summed E-state index contributed by atoms with van der Waals surface area (Å²) in [5.41, 5.74) is 0.778. The molecule has 0 spiro atoms. The molecule has 0 saturated carbocycles. The Morgan fingerprint density at radius 3 is 2.73 bits per heavy atom. The molecule has 0 amide bonds. The summed E-state index contributed by atoms with van der Waals surface area (Å²) in [4.78, 5) is 0. The third-order valence-electron chi connectivity index (χ3n) is 1.78. The van der Waals surface area contributed by atoms with Gasteiger partial charge in [0.1, 0.15) is 6.61 Å². The predicted octanol–water partition coefficient (Wildman–Crippen LogP) is 3.22. The van der Waals surface area contributed by atoms with Gasteiger partial charge in [-0.15, -0.1) is 0 Å². The van der Waals surface area contributed by atoms with Crippen molar-refractivity contribution in [2.24, 2.45) is 0 Å². The summed E-state index contributed by atoms with van der Waals surface area (Å²) in [6.45, 7) is -0.439. The molecule has 0 fully saturated rings. The van der Waals surface area contributed by atoms with Gasteiger partial charge in [0.2, 0.25) is 0 Å². The summed E-state index contributed by atoms with van der Waals surface area (Å²) in [5, 5.41) is 13.3. The smallest absolute Gasteiger partial charge is 0.261 e. The Hall–Kier alpha value is -0.0400. The van der Waals surface area contributed by atoms with Crippen molar-refractivity contribution >= 4 is 27.3 Å². The number of alkyl halides is 2. The first-order chi connectivity index (χ1) is 7.11. The van der Waals surface area contributed by atoms with Gasteiger partial charge in [-0.3, -0.25) is 0 Å². The van der Waals surface area contributed by atoms with Gasteiger partial charge in [-0.1, -0.05) is 0 Å². The number of hydrogen-bond donors (Lipinski definition) is 1. The second kappa shape index (κ2) is 6.52. The van der Waals surface area contributed by atoms with E-state index in [1.54, 1.807) is 0 Å². The first-order valence-corrected chi connectivity index (χ1v) is 6.10. The van der Waals surface area contributed by atoms with Gasteiger partial charge in [-0.05, 0) is 21.3 Å². The highest BCUT2D eigenvalue weighted by atomic mass is 79.9. The molecule has 1 N–H and O–H groups in total. The third-order valence-corrected chi connectivity index (χ3v) is 3.53. The van der Waals surface area contributed by atoms with E-state index in [4.69, 9.17) is 0 Å². The molecule has 0 aliphatic rings. The molecule has 0 radical (unpaired) electrons. The lowest BCUT2D eigenvalue weighted by molar-refractivity contribution is 0.00479. The molecule has 6 heteroatoms. The molecule has 0 aliphatic heterocycles. The van der Waals surface area contributed by atoms with Crippen molar-refractivity contribution in [2.45, 2.75) is 19.0 Å². The number of halogens is 3. The van der Waals surface area contributed by atoms with Crippen LogP contribution >= 0.6 is 27.3 Å². The maximum Gasteiger partial charge on any atom is 0.261 e. The summed E-state index contributed by atoms with van der Waals surface area (Å²) in [7, 11) is 0. The normalized spacial score (nSPS) is 13.4. The van der Waals surface area contributed by atoms with Crippen LogP contribution in [0.25, 0.3) is 0 Å². The van der Waals surface area contributed by atoms with Crippen LogP contribution in [0.1, 0.15) is 18.1 Å². The Morgan fingerprint density at radius 2 is 2.20 bits per heavy atom. The molecule has 2 nitrogen and oxygen atoms in total. The fourth-order valence-electron chi connectivity index (χ4n) is 1.05. The molecule has 1 unspecified atom stereocenters. The molecule has 0 aromatic carbocycles. The van der Waals surface area contributed by atoms with Gasteiger partial charge in [0, 0.05) is 28.4 Å². The summed E-state index contributed by atoms with van der Waals surface area (Å²) in [6.07, 6.45) is -2.79. The maximum atomic E-state index is 11.7. The van der Waals surface area contributed by atoms with Crippen molar-refractivity contribution in [3.8, 4) is 0 Å². The van der Waals surface area contributed by atoms with Gasteiger partial charge in [0.15, 0.2) is 0 Å². The van der Waals surface area contributed by atoms with Crippen molar-refractivity contribution in [1.29, 1.82) is 0 Å². The number of aliphatic hydroxyl groups is 1. The fourth-order valence-corrected chi connectivity index (χ4v) is 2.66. The molecule has 1 heterocycles. The summed E-state index contributed by atoms with van der Waals surface area (Å²) < 4.78 is 28.9. The highest BCUT2D eigenvalue weighted by Gasteiger charge is 2.12. The number of ether oxygens (including phenoxy) is 1. The van der Waals surface area contributed by atoms with Crippen LogP contribution in [0.2, 0.25) is 0 Å². The lowest BCUT2D eigenvalue weighted by Gasteiger charge is -2.10. The van der Waals surface area contributed by atoms with Crippen LogP contribution in [-0.2, 0) is 4.74 Å². The van der Waals surface area contributed by atoms with Gasteiger partial charge < -0.3 is 9.84 Å². The average molecular weight is 301 g/mol. The van der Waals surface area contributed by atoms with E-state index in [-0.39, 0.29) is 6.61 Å². The van der Waals surface area contributed by atoms with Crippen LogP contribution in [-0.4, -0.2) is 24.7 Å². The van der Waals surface area contributed by atoms with Crippen LogP contribution in [0.15, 0.2) is 15.2 Å². The van der Waals surface area contributed by atoms with Crippen molar-refractivity contribution in [3.05, 3.63) is 20.8 Å². The lowest BCUT2D eigenvalue weighted by atomic mass is 10.1. The number of hydrogen-bond acceptors (Lipinski definition) is 3. The summed E-state index contributed by atoms with van der Waals surface area (Å²) in [5.74, 6) is 0. The van der Waals surface area contributed by atoms with Crippen molar-refractivity contribution in [3.63, 3.8) is 0 Å². The standard InChI is InChI=1S/C9H11BrF2O2S/c10-7-5-15-4-6(7)8(13)1-2-14-3-9(11)12/h4-5,8-9,13H,1-3H2. The van der Waals surface area contributed by atoms with E-state index >= 15 is 0 Å². The third kappa shape index (κ3) is 4.55. The molecule has 1 atom stereocenters. The number of rotatable bonds is 6. The number of aliphatic hydroxyl groups excluding tert-OH is 1. The van der Waals surface area contributed by atoms with Crippen molar-refractivity contribution < 1.29 is 18.6 Å². The van der Waals surface area contributed by atoms with E-state index in [2.05, 4.69) is 20.7 Å². The Morgan fingerprint density at radius 1 is 1.47 bits per heavy atom. The molecule has 1 rings (SSSR count). The maximum absolute atomic E-state index is 11.7. The SMILES string of the molecule is OC(CCOCC(F)F)c1cscc1Br. The zero-order valence-corrected chi connectivity index (χ0v) is 10.2. The molecule has 0 saturated heterocycles. The van der Waals surface area contributed by atoms with Gasteiger partial charge >= 0.3 is 0 Å². The van der Waals surface area contributed by atoms with Crippen LogP contribution in [0.4, 0.5) is 8.78 Å². The fraction of sp³-hybridized carbons (Fsp3) is 0.556. The van der Waals surface area contributed by atoms with E-state index in [1.807, 2.05) is 10.8 Å². The first kappa shape index (κ1) is 13.0. The van der Waals surface area contributed by atoms with Gasteiger partial charge in [0.05, 0.1) is 6.10 Å². The monoisotopic (exact) mass is 300 g/mol. The van der Waals surface area contributed by atoms with Gasteiger partial charge in [-0.2, -0.15) is 11.3 Å². The quantitative estimate of drug-likeness (QED) is 0.818. The van der Waals surface area contributed by atoms with E-state index < -0.39 is 19.1 Å². The zero-order chi connectivity index (χ0) is 11.3. The highest BCUT2D eigenvalue weighted by Crippen LogP contribution is 2.28. The molecule has 0 bridgehead atoms. The van der Waals surface area contributed by atoms with E-state index in [9.17, 15) is 13.9 Å². The van der Waals surface area contributed by atoms with Crippen molar-refractivity contribution in [2.75, 3.05) is 13.2 Å². The van der Waals surface area contributed by atoms with Crippen LogP contribution in [0.5, 0.6) is 0 Å². The van der Waals surface area contributed by atoms with Crippen molar-refractivity contribution in [1.82, 2.24) is 0 Å². The van der Waals surface area contributed by atoms with E-state index in [0.717, 1.165) is 10.0 Å². The van der Waals surface area contributed by atoms with Crippen LogP contribution < -0.4 is 0 Å². The minimum absolute atomic E-state index is 0.133. The Bertz CT molecular complexity index is 293.